The molecular weight excluding hydrogens is 890 g/mol. The van der Waals surface area contributed by atoms with E-state index in [1.165, 1.54) is 10.6 Å². The molecule has 6 aromatic rings. The number of amides is 3. The van der Waals surface area contributed by atoms with Crippen LogP contribution in [-0.4, -0.2) is 127 Å². The Bertz CT molecular complexity index is 3160. The molecule has 0 bridgehead atoms. The number of benzene rings is 2. The number of hydrogen-bond acceptors (Lipinski definition) is 10. The number of nitrogens with zero attached hydrogens (tertiary/aromatic N) is 9. The largest absolute Gasteiger partial charge is 0.388 e. The highest BCUT2D eigenvalue weighted by Crippen LogP contribution is 2.35. The van der Waals surface area contributed by atoms with Crippen molar-refractivity contribution in [3.8, 4) is 5.69 Å². The maximum absolute atomic E-state index is 16.1. The van der Waals surface area contributed by atoms with Crippen LogP contribution in [0, 0.1) is 18.7 Å². The Morgan fingerprint density at radius 3 is 2.34 bits per heavy atom. The van der Waals surface area contributed by atoms with Crippen LogP contribution in [0.3, 0.4) is 0 Å². The van der Waals surface area contributed by atoms with E-state index in [0.29, 0.717) is 55.0 Å². The Balaban J connectivity index is 0.710. The summed E-state index contributed by atoms with van der Waals surface area (Å²) in [6.45, 7) is 12.2. The zero-order valence-corrected chi connectivity index (χ0v) is 40.7. The highest BCUT2D eigenvalue weighted by molar-refractivity contribution is 6.00. The number of fused-ring (bicyclic) bond motifs is 2. The summed E-state index contributed by atoms with van der Waals surface area (Å²) in [5.74, 6) is -0.730. The number of anilines is 1. The summed E-state index contributed by atoms with van der Waals surface area (Å²) in [5.41, 5.74) is 8.28. The van der Waals surface area contributed by atoms with Gasteiger partial charge in [-0.3, -0.25) is 48.0 Å². The van der Waals surface area contributed by atoms with E-state index in [1.807, 2.05) is 55.3 Å². The Kier molecular flexibility index (Phi) is 12.9. The van der Waals surface area contributed by atoms with E-state index in [-0.39, 0.29) is 41.3 Å². The first-order valence-corrected chi connectivity index (χ1v) is 24.6. The van der Waals surface area contributed by atoms with Crippen molar-refractivity contribution in [2.75, 3.05) is 71.3 Å². The van der Waals surface area contributed by atoms with Gasteiger partial charge in [-0.25, -0.2) is 14.2 Å². The summed E-state index contributed by atoms with van der Waals surface area (Å²) in [6.07, 6.45) is 8.63. The number of carbonyl (C=O) groups excluding carboxylic acids is 3. The second-order valence-electron chi connectivity index (χ2n) is 19.7. The summed E-state index contributed by atoms with van der Waals surface area (Å²) in [4.78, 5) is 78.3. The molecule has 16 nitrogen and oxygen atoms in total. The molecule has 17 heteroatoms. The molecule has 4 aliphatic rings. The molecule has 70 heavy (non-hydrogen) atoms. The van der Waals surface area contributed by atoms with Crippen molar-refractivity contribution >= 4 is 51.0 Å². The van der Waals surface area contributed by atoms with Gasteiger partial charge in [0, 0.05) is 145 Å². The average molecular weight is 952 g/mol. The van der Waals surface area contributed by atoms with E-state index in [0.717, 1.165) is 109 Å². The molecule has 3 amide bonds. The van der Waals surface area contributed by atoms with Gasteiger partial charge in [0.2, 0.25) is 11.8 Å². The second kappa shape index (κ2) is 19.2. The normalized spacial score (nSPS) is 19.5. The monoisotopic (exact) mass is 951 g/mol. The summed E-state index contributed by atoms with van der Waals surface area (Å²) in [6, 6.07) is 16.0. The maximum atomic E-state index is 16.1. The van der Waals surface area contributed by atoms with Gasteiger partial charge in [0.25, 0.3) is 11.5 Å². The molecule has 1 unspecified atom stereocenters. The number of pyridine rings is 2. The average Bonchev–Trinajstić information content (AvgIpc) is 3.83. The Hall–Kier alpha value is -6.69. The minimum atomic E-state index is -0.703. The molecule has 8 heterocycles. The van der Waals surface area contributed by atoms with E-state index in [2.05, 4.69) is 54.0 Å². The van der Waals surface area contributed by atoms with Crippen molar-refractivity contribution in [1.29, 1.82) is 0 Å². The Morgan fingerprint density at radius 2 is 1.64 bits per heavy atom. The summed E-state index contributed by atoms with van der Waals surface area (Å²) in [5, 5.41) is 6.29. The summed E-state index contributed by atoms with van der Waals surface area (Å²) < 4.78 is 22.9. The van der Waals surface area contributed by atoms with Gasteiger partial charge in [0.15, 0.2) is 0 Å². The van der Waals surface area contributed by atoms with Crippen molar-refractivity contribution < 1.29 is 18.8 Å². The van der Waals surface area contributed by atoms with Gasteiger partial charge in [0.05, 0.1) is 16.7 Å². The number of likely N-dealkylation sites (tertiary alicyclic amines) is 1. The molecule has 0 radical (unpaired) electrons. The standard InChI is InChI=1S/C53H62FN11O5/c1-33-26-38(28-41(54)49(33)37-13-19-62(20-14-37)34(2)45-30-40-42(10-16-56-50(40)58(45)4)64-21-15-39(55-3)29-48(64)67)52(69)63-17-11-35(12-18-63)31-60-22-24-61(25-23-60)32-36-6-7-43-46(27-36)59(5)53(70)65(43)44-8-9-47(66)57-51(44)68/h6-7,10,13,15-16,21,26-30,34-35,44,55H,8-9,11-12,14,17-20,22-25,31-32H2,1-5H3,(H,57,66,68)/t34-,44?/m0/s1. The lowest BCUT2D eigenvalue weighted by Gasteiger charge is -2.39. The molecular formula is C53H62FN11O5. The molecule has 3 saturated heterocycles. The van der Waals surface area contributed by atoms with E-state index in [9.17, 15) is 24.0 Å². The number of piperidine rings is 2. The quantitative estimate of drug-likeness (QED) is 0.162. The van der Waals surface area contributed by atoms with Gasteiger partial charge in [0.1, 0.15) is 17.5 Å². The highest BCUT2D eigenvalue weighted by Gasteiger charge is 2.33. The lowest BCUT2D eigenvalue weighted by Crippen LogP contribution is -2.48. The van der Waals surface area contributed by atoms with E-state index in [1.54, 1.807) is 41.7 Å². The Morgan fingerprint density at radius 1 is 0.871 bits per heavy atom. The number of halogens is 1. The van der Waals surface area contributed by atoms with E-state index < -0.39 is 11.9 Å². The predicted molar refractivity (Wildman–Crippen MR) is 269 cm³/mol. The van der Waals surface area contributed by atoms with Crippen LogP contribution in [0.25, 0.3) is 33.3 Å². The molecule has 2 N–H and O–H groups in total. The van der Waals surface area contributed by atoms with Crippen LogP contribution < -0.4 is 21.9 Å². The van der Waals surface area contributed by atoms with Gasteiger partial charge in [-0.2, -0.15) is 0 Å². The van der Waals surface area contributed by atoms with Crippen LogP contribution in [-0.2, 0) is 30.2 Å². The van der Waals surface area contributed by atoms with E-state index in [4.69, 9.17) is 0 Å². The van der Waals surface area contributed by atoms with E-state index >= 15 is 4.39 Å². The molecule has 4 aromatic heterocycles. The molecule has 10 rings (SSSR count). The molecule has 0 aliphatic carbocycles. The van der Waals surface area contributed by atoms with Gasteiger partial charge < -0.3 is 19.7 Å². The number of aryl methyl sites for hydroxylation is 3. The first-order chi connectivity index (χ1) is 33.8. The van der Waals surface area contributed by atoms with Crippen molar-refractivity contribution in [3.05, 3.63) is 128 Å². The number of carbonyl (C=O) groups is 3. The van der Waals surface area contributed by atoms with Crippen LogP contribution in [0.5, 0.6) is 0 Å². The number of aromatic nitrogens is 5. The minimum absolute atomic E-state index is 0.0315. The third kappa shape index (κ3) is 8.90. The summed E-state index contributed by atoms with van der Waals surface area (Å²) in [7, 11) is 5.51. The van der Waals surface area contributed by atoms with Gasteiger partial charge >= 0.3 is 5.69 Å². The number of imidazole rings is 1. The van der Waals surface area contributed by atoms with Crippen molar-refractivity contribution in [1.82, 2.24) is 48.2 Å². The van der Waals surface area contributed by atoms with Crippen molar-refractivity contribution in [2.24, 2.45) is 20.0 Å². The number of piperazine rings is 1. The van der Waals surface area contributed by atoms with Gasteiger partial charge in [-0.05, 0) is 105 Å². The highest BCUT2D eigenvalue weighted by atomic mass is 19.1. The smallest absolute Gasteiger partial charge is 0.329 e. The van der Waals surface area contributed by atoms with Gasteiger partial charge in [-0.1, -0.05) is 12.1 Å². The van der Waals surface area contributed by atoms with Gasteiger partial charge in [-0.15, -0.1) is 0 Å². The van der Waals surface area contributed by atoms with Crippen LogP contribution in [0.2, 0.25) is 0 Å². The fraction of sp³-hybridized carbons (Fsp3) is 0.434. The Labute approximate surface area is 406 Å². The fourth-order valence-electron chi connectivity index (χ4n) is 11.4. The first-order valence-electron chi connectivity index (χ1n) is 24.6. The zero-order valence-electron chi connectivity index (χ0n) is 40.7. The molecule has 0 spiro atoms. The molecule has 0 saturated carbocycles. The van der Waals surface area contributed by atoms with Crippen LogP contribution in [0.15, 0.2) is 82.7 Å². The molecule has 4 aliphatic heterocycles. The van der Waals surface area contributed by atoms with Crippen molar-refractivity contribution in [3.63, 3.8) is 0 Å². The zero-order chi connectivity index (χ0) is 49.0. The van der Waals surface area contributed by atoms with Crippen LogP contribution in [0.4, 0.5) is 10.1 Å². The predicted octanol–water partition coefficient (Wildman–Crippen LogP) is 5.36. The lowest BCUT2D eigenvalue weighted by molar-refractivity contribution is -0.135. The number of imide groups is 1. The van der Waals surface area contributed by atoms with Crippen LogP contribution in [0.1, 0.15) is 83.9 Å². The molecule has 3 fully saturated rings. The minimum Gasteiger partial charge on any atom is -0.388 e. The fourth-order valence-corrected chi connectivity index (χ4v) is 11.4. The maximum Gasteiger partial charge on any atom is 0.329 e. The summed E-state index contributed by atoms with van der Waals surface area (Å²) >= 11 is 0. The number of nitrogens with one attached hydrogen (secondary N) is 2. The number of rotatable bonds is 11. The second-order valence-corrected chi connectivity index (χ2v) is 19.7. The SMILES string of the molecule is CNc1ccn(-c2ccnc3c2cc([C@H](C)N2CC=C(c4c(C)cc(C(=O)N5CCC(CN6CCN(Cc7ccc8c(c7)n(C)c(=O)n8C7CCC(=O)NC7=O)CC6)CC5)cc4F)CC2)n3C)c(=O)c1. The third-order valence-corrected chi connectivity index (χ3v) is 15.4. The topological polar surface area (TPSA) is 155 Å². The molecule has 2 aromatic carbocycles. The molecule has 2 atom stereocenters. The third-order valence-electron chi connectivity index (χ3n) is 15.4. The first kappa shape index (κ1) is 47.0. The molecule has 366 valence electrons. The van der Waals surface area contributed by atoms with Crippen LogP contribution >= 0.6 is 0 Å². The lowest BCUT2D eigenvalue weighted by atomic mass is 9.92. The number of hydrogen-bond donors (Lipinski definition) is 2. The van der Waals surface area contributed by atoms with Crippen molar-refractivity contribution in [2.45, 2.75) is 64.6 Å².